The molecular weight excluding hydrogens is 105 g/mol. The number of hydrogen-bond donors (Lipinski definition) is 0. The van der Waals surface area contributed by atoms with Crippen molar-refractivity contribution < 1.29 is 13.2 Å². The lowest BCUT2D eigenvalue weighted by Crippen LogP contribution is -2.42. The van der Waals surface area contributed by atoms with Gasteiger partial charge in [0, 0.05) is 6.42 Å². The lowest BCUT2D eigenvalue weighted by molar-refractivity contribution is 0.0381. The highest BCUT2D eigenvalue weighted by Gasteiger charge is 2.42. The third-order valence-corrected chi connectivity index (χ3v) is 0.976. The summed E-state index contributed by atoms with van der Waals surface area (Å²) in [7, 11) is 0. The van der Waals surface area contributed by atoms with Crippen molar-refractivity contribution in [2.24, 2.45) is 0 Å². The molecule has 1 aliphatic carbocycles. The molecular formula is C4H4F3. The van der Waals surface area contributed by atoms with Crippen LogP contribution < -0.4 is 0 Å². The fraction of sp³-hybridized carbons (Fsp3) is 0.750. The van der Waals surface area contributed by atoms with Crippen molar-refractivity contribution in [3.63, 3.8) is 0 Å². The van der Waals surface area contributed by atoms with E-state index in [1.807, 2.05) is 0 Å². The van der Waals surface area contributed by atoms with E-state index in [0.717, 1.165) is 0 Å². The molecule has 0 N–H and O–H groups in total. The third kappa shape index (κ3) is 0.598. The number of alkyl halides is 3. The van der Waals surface area contributed by atoms with Crippen molar-refractivity contribution >= 4 is 0 Å². The smallest absolute Gasteiger partial charge is 0.163 e. The van der Waals surface area contributed by atoms with E-state index in [1.165, 1.54) is 0 Å². The average molecular weight is 109 g/mol. The minimum absolute atomic E-state index is 0.699. The molecule has 2 atom stereocenters. The van der Waals surface area contributed by atoms with Crippen LogP contribution in [0.5, 0.6) is 0 Å². The molecule has 41 valence electrons. The van der Waals surface area contributed by atoms with Crippen molar-refractivity contribution in [3.05, 3.63) is 6.42 Å². The van der Waals surface area contributed by atoms with E-state index in [1.54, 1.807) is 0 Å². The Hall–Kier alpha value is -0.210. The van der Waals surface area contributed by atoms with Gasteiger partial charge in [-0.25, -0.2) is 13.2 Å². The van der Waals surface area contributed by atoms with E-state index >= 15 is 0 Å². The molecule has 1 radical (unpaired) electrons. The Morgan fingerprint density at radius 2 is 1.43 bits per heavy atom. The normalized spacial score (nSPS) is 51.0. The molecule has 0 saturated heterocycles. The summed E-state index contributed by atoms with van der Waals surface area (Å²) in [5.74, 6) is 0. The lowest BCUT2D eigenvalue weighted by atomic mass is 9.93. The summed E-state index contributed by atoms with van der Waals surface area (Å²) >= 11 is 0. The van der Waals surface area contributed by atoms with Gasteiger partial charge in [0.05, 0.1) is 0 Å². The molecule has 0 aromatic carbocycles. The molecule has 1 aliphatic rings. The molecule has 3 heteroatoms. The van der Waals surface area contributed by atoms with E-state index in [4.69, 9.17) is 0 Å². The maximum Gasteiger partial charge on any atom is 0.163 e. The molecule has 0 heterocycles. The Balaban J connectivity index is 2.29. The zero-order chi connectivity index (χ0) is 5.44. The van der Waals surface area contributed by atoms with Crippen LogP contribution in [-0.2, 0) is 0 Å². The monoisotopic (exact) mass is 109 g/mol. The molecule has 0 aliphatic heterocycles. The first-order chi connectivity index (χ1) is 3.22. The van der Waals surface area contributed by atoms with Gasteiger partial charge in [-0.05, 0) is 0 Å². The fourth-order valence-electron chi connectivity index (χ4n) is 0.418. The first-order valence-electron chi connectivity index (χ1n) is 1.99. The lowest BCUT2D eigenvalue weighted by Gasteiger charge is -2.26. The molecule has 1 fully saturated rings. The van der Waals surface area contributed by atoms with Crippen molar-refractivity contribution in [1.82, 2.24) is 0 Å². The van der Waals surface area contributed by atoms with Gasteiger partial charge >= 0.3 is 0 Å². The largest absolute Gasteiger partial charge is 0.244 e. The van der Waals surface area contributed by atoms with Crippen molar-refractivity contribution in [2.45, 2.75) is 18.5 Å². The minimum Gasteiger partial charge on any atom is -0.244 e. The highest BCUT2D eigenvalue weighted by Crippen LogP contribution is 2.28. The maximum absolute atomic E-state index is 11.5. The molecule has 0 aromatic heterocycles. The van der Waals surface area contributed by atoms with Gasteiger partial charge in [-0.15, -0.1) is 0 Å². The van der Waals surface area contributed by atoms with Gasteiger partial charge in [0.15, 0.2) is 6.17 Å². The van der Waals surface area contributed by atoms with Crippen LogP contribution >= 0.6 is 0 Å². The summed E-state index contributed by atoms with van der Waals surface area (Å²) in [5.41, 5.74) is 0. The van der Waals surface area contributed by atoms with Gasteiger partial charge in [0.25, 0.3) is 0 Å². The van der Waals surface area contributed by atoms with Gasteiger partial charge in [0.1, 0.15) is 12.3 Å². The summed E-state index contributed by atoms with van der Waals surface area (Å²) < 4.78 is 34.5. The zero-order valence-electron chi connectivity index (χ0n) is 3.44. The van der Waals surface area contributed by atoms with E-state index in [2.05, 4.69) is 0 Å². The quantitative estimate of drug-likeness (QED) is 0.438. The maximum atomic E-state index is 11.5. The van der Waals surface area contributed by atoms with Crippen molar-refractivity contribution in [2.75, 3.05) is 0 Å². The van der Waals surface area contributed by atoms with Crippen LogP contribution in [0.25, 0.3) is 0 Å². The second-order valence-corrected chi connectivity index (χ2v) is 1.53. The molecule has 7 heavy (non-hydrogen) atoms. The summed E-state index contributed by atoms with van der Waals surface area (Å²) in [6.07, 6.45) is -4.50. The van der Waals surface area contributed by atoms with Crippen LogP contribution in [0.15, 0.2) is 0 Å². The first kappa shape index (κ1) is 4.94. The van der Waals surface area contributed by atoms with Gasteiger partial charge in [-0.2, -0.15) is 0 Å². The minimum atomic E-state index is -1.89. The van der Waals surface area contributed by atoms with E-state index in [0.29, 0.717) is 6.42 Å². The standard InChI is InChI=1S/C4H4F3/c5-2-1-3(6)4(2)7/h1-4H. The molecule has 2 unspecified atom stereocenters. The van der Waals surface area contributed by atoms with Gasteiger partial charge in [-0.1, -0.05) is 0 Å². The van der Waals surface area contributed by atoms with E-state index < -0.39 is 18.5 Å². The Bertz CT molecular complexity index is 65.3. The first-order valence-corrected chi connectivity index (χ1v) is 1.99. The molecule has 0 spiro atoms. The zero-order valence-corrected chi connectivity index (χ0v) is 3.44. The summed E-state index contributed by atoms with van der Waals surface area (Å²) in [5, 5.41) is 0. The molecule has 1 rings (SSSR count). The Labute approximate surface area is 39.3 Å². The average Bonchev–Trinajstić information content (AvgIpc) is 1.68. The second-order valence-electron chi connectivity index (χ2n) is 1.53. The fourth-order valence-corrected chi connectivity index (χ4v) is 0.418. The van der Waals surface area contributed by atoms with Crippen LogP contribution in [0.4, 0.5) is 13.2 Å². The van der Waals surface area contributed by atoms with Gasteiger partial charge in [0.2, 0.25) is 0 Å². The molecule has 0 bridgehead atoms. The number of halogens is 3. The van der Waals surface area contributed by atoms with Crippen LogP contribution in [0, 0.1) is 6.42 Å². The van der Waals surface area contributed by atoms with Crippen LogP contribution in [0.1, 0.15) is 0 Å². The second kappa shape index (κ2) is 1.39. The molecule has 1 saturated carbocycles. The van der Waals surface area contributed by atoms with Crippen LogP contribution in [0.3, 0.4) is 0 Å². The molecule has 0 nitrogen and oxygen atoms in total. The molecule has 0 aromatic rings. The summed E-state index contributed by atoms with van der Waals surface area (Å²) in [6.45, 7) is 0. The van der Waals surface area contributed by atoms with Crippen molar-refractivity contribution in [3.8, 4) is 0 Å². The van der Waals surface area contributed by atoms with E-state index in [-0.39, 0.29) is 0 Å². The highest BCUT2D eigenvalue weighted by atomic mass is 19.2. The molecule has 0 amide bonds. The van der Waals surface area contributed by atoms with Crippen molar-refractivity contribution in [1.29, 1.82) is 0 Å². The topological polar surface area (TPSA) is 0 Å². The number of rotatable bonds is 0. The Kier molecular flexibility index (Phi) is 0.978. The van der Waals surface area contributed by atoms with Gasteiger partial charge < -0.3 is 0 Å². The third-order valence-electron chi connectivity index (χ3n) is 0.976. The Morgan fingerprint density at radius 3 is 1.43 bits per heavy atom. The summed E-state index contributed by atoms with van der Waals surface area (Å²) in [6, 6.07) is 0. The Morgan fingerprint density at radius 1 is 1.00 bits per heavy atom. The SMILES string of the molecule is FC1[CH]C(F)C1F. The van der Waals surface area contributed by atoms with Crippen LogP contribution in [0.2, 0.25) is 0 Å². The van der Waals surface area contributed by atoms with Crippen LogP contribution in [-0.4, -0.2) is 18.5 Å². The summed E-state index contributed by atoms with van der Waals surface area (Å²) in [4.78, 5) is 0. The van der Waals surface area contributed by atoms with E-state index in [9.17, 15) is 13.2 Å². The predicted octanol–water partition coefficient (Wildman–Crippen LogP) is 1.22. The predicted molar refractivity (Wildman–Crippen MR) is 19.0 cm³/mol. The highest BCUT2D eigenvalue weighted by molar-refractivity contribution is 5.06. The van der Waals surface area contributed by atoms with Gasteiger partial charge in [-0.3, -0.25) is 0 Å². The number of hydrogen-bond acceptors (Lipinski definition) is 0.